The van der Waals surface area contributed by atoms with Crippen molar-refractivity contribution in [3.63, 3.8) is 0 Å². The normalized spacial score (nSPS) is 33.5. The van der Waals surface area contributed by atoms with Gasteiger partial charge in [0, 0.05) is 6.42 Å². The van der Waals surface area contributed by atoms with Crippen LogP contribution in [-0.2, 0) is 4.74 Å². The van der Waals surface area contributed by atoms with Gasteiger partial charge >= 0.3 is 0 Å². The van der Waals surface area contributed by atoms with Crippen LogP contribution >= 0.6 is 0 Å². The Labute approximate surface area is 120 Å². The quantitative estimate of drug-likeness (QED) is 0.915. The smallest absolute Gasteiger partial charge is 0.157 e. The molecule has 3 rings (SSSR count). The molecule has 20 heavy (non-hydrogen) atoms. The van der Waals surface area contributed by atoms with Gasteiger partial charge in [-0.1, -0.05) is 12.1 Å². The van der Waals surface area contributed by atoms with Crippen molar-refractivity contribution in [3.05, 3.63) is 29.8 Å². The molecule has 0 radical (unpaired) electrons. The molecule has 1 N–H and O–H groups in total. The maximum Gasteiger partial charge on any atom is 0.157 e. The van der Waals surface area contributed by atoms with Gasteiger partial charge in [-0.2, -0.15) is 0 Å². The first-order chi connectivity index (χ1) is 9.76. The Hall–Kier alpha value is -1.06. The van der Waals surface area contributed by atoms with Crippen LogP contribution in [0.2, 0.25) is 0 Å². The second kappa shape index (κ2) is 6.15. The van der Waals surface area contributed by atoms with Crippen molar-refractivity contribution in [2.24, 2.45) is 5.92 Å². The summed E-state index contributed by atoms with van der Waals surface area (Å²) in [5, 5.41) is 9.21. The van der Waals surface area contributed by atoms with E-state index in [4.69, 9.17) is 9.47 Å². The van der Waals surface area contributed by atoms with E-state index in [1.54, 1.807) is 0 Å². The van der Waals surface area contributed by atoms with Crippen LogP contribution in [0.5, 0.6) is 5.75 Å². The van der Waals surface area contributed by atoms with Crippen LogP contribution in [0.3, 0.4) is 0 Å². The molecule has 0 aromatic heterocycles. The molecule has 110 valence electrons. The third kappa shape index (κ3) is 2.99. The van der Waals surface area contributed by atoms with Crippen LogP contribution in [0.25, 0.3) is 0 Å². The summed E-state index contributed by atoms with van der Waals surface area (Å²) in [7, 11) is 0. The van der Waals surface area contributed by atoms with Gasteiger partial charge in [-0.05, 0) is 62.1 Å². The van der Waals surface area contributed by atoms with Gasteiger partial charge in [0.2, 0.25) is 0 Å². The molecule has 0 spiro atoms. The van der Waals surface area contributed by atoms with E-state index < -0.39 is 6.29 Å². The summed E-state index contributed by atoms with van der Waals surface area (Å²) < 4.78 is 10.9. The number of aliphatic hydroxyl groups is 1. The number of hydrogen-bond donors (Lipinski definition) is 1. The summed E-state index contributed by atoms with van der Waals surface area (Å²) in [5.41, 5.74) is 1.43. The SMILES string of the molecule is CCOc1ccc(C2CCC(C3CC(O)O3)CC2)cc1. The third-order valence-electron chi connectivity index (χ3n) is 4.73. The molecule has 1 saturated heterocycles. The minimum absolute atomic E-state index is 0.311. The lowest BCUT2D eigenvalue weighted by molar-refractivity contribution is -0.250. The van der Waals surface area contributed by atoms with Crippen LogP contribution in [0.1, 0.15) is 50.5 Å². The standard InChI is InChI=1S/C17H24O3/c1-2-19-15-9-7-13(8-10-15)12-3-5-14(6-4-12)16-11-17(18)20-16/h7-10,12,14,16-18H,2-6,11H2,1H3. The fraction of sp³-hybridized carbons (Fsp3) is 0.647. The van der Waals surface area contributed by atoms with Crippen LogP contribution in [0, 0.1) is 5.92 Å². The molecule has 1 aliphatic carbocycles. The van der Waals surface area contributed by atoms with Crippen LogP contribution in [0.15, 0.2) is 24.3 Å². The summed E-state index contributed by atoms with van der Waals surface area (Å²) in [5.74, 6) is 2.28. The van der Waals surface area contributed by atoms with Crippen molar-refractivity contribution in [2.75, 3.05) is 6.61 Å². The molecule has 1 aromatic carbocycles. The van der Waals surface area contributed by atoms with Crippen molar-refractivity contribution < 1.29 is 14.6 Å². The highest BCUT2D eigenvalue weighted by molar-refractivity contribution is 5.29. The van der Waals surface area contributed by atoms with E-state index in [0.717, 1.165) is 18.8 Å². The Morgan fingerprint density at radius 3 is 2.35 bits per heavy atom. The van der Waals surface area contributed by atoms with Gasteiger partial charge in [0.05, 0.1) is 12.7 Å². The van der Waals surface area contributed by atoms with Crippen LogP contribution in [-0.4, -0.2) is 24.1 Å². The summed E-state index contributed by atoms with van der Waals surface area (Å²) in [4.78, 5) is 0. The van der Waals surface area contributed by atoms with Crippen molar-refractivity contribution in [2.45, 2.75) is 57.3 Å². The Morgan fingerprint density at radius 2 is 1.80 bits per heavy atom. The predicted molar refractivity (Wildman–Crippen MR) is 77.8 cm³/mol. The lowest BCUT2D eigenvalue weighted by atomic mass is 9.75. The number of hydrogen-bond acceptors (Lipinski definition) is 3. The van der Waals surface area contributed by atoms with Gasteiger partial charge in [-0.3, -0.25) is 0 Å². The Morgan fingerprint density at radius 1 is 1.15 bits per heavy atom. The molecular weight excluding hydrogens is 252 g/mol. The first kappa shape index (κ1) is 13.9. The molecular formula is C17H24O3. The van der Waals surface area contributed by atoms with Gasteiger partial charge in [0.1, 0.15) is 5.75 Å². The summed E-state index contributed by atoms with van der Waals surface area (Å²) in [6, 6.07) is 8.58. The number of ether oxygens (including phenoxy) is 2. The fourth-order valence-electron chi connectivity index (χ4n) is 3.52. The average Bonchev–Trinajstić information content (AvgIpc) is 2.46. The van der Waals surface area contributed by atoms with E-state index in [9.17, 15) is 5.11 Å². The molecule has 3 nitrogen and oxygen atoms in total. The van der Waals surface area contributed by atoms with Gasteiger partial charge in [-0.25, -0.2) is 0 Å². The molecule has 1 heterocycles. The molecule has 0 bridgehead atoms. The molecule has 0 amide bonds. The first-order valence-electron chi connectivity index (χ1n) is 7.82. The zero-order valence-electron chi connectivity index (χ0n) is 12.1. The monoisotopic (exact) mass is 276 g/mol. The number of aliphatic hydroxyl groups excluding tert-OH is 1. The zero-order chi connectivity index (χ0) is 13.9. The van der Waals surface area contributed by atoms with Crippen molar-refractivity contribution in [1.29, 1.82) is 0 Å². The second-order valence-electron chi connectivity index (χ2n) is 5.98. The highest BCUT2D eigenvalue weighted by Crippen LogP contribution is 2.41. The van der Waals surface area contributed by atoms with Crippen molar-refractivity contribution in [1.82, 2.24) is 0 Å². The van der Waals surface area contributed by atoms with E-state index in [1.807, 2.05) is 6.92 Å². The van der Waals surface area contributed by atoms with E-state index in [2.05, 4.69) is 24.3 Å². The second-order valence-corrected chi connectivity index (χ2v) is 5.98. The third-order valence-corrected chi connectivity index (χ3v) is 4.73. The average molecular weight is 276 g/mol. The van der Waals surface area contributed by atoms with Crippen LogP contribution < -0.4 is 4.74 Å². The summed E-state index contributed by atoms with van der Waals surface area (Å²) in [6.07, 6.45) is 5.54. The van der Waals surface area contributed by atoms with Gasteiger partial charge in [0.15, 0.2) is 6.29 Å². The largest absolute Gasteiger partial charge is 0.494 e. The van der Waals surface area contributed by atoms with Gasteiger partial charge in [-0.15, -0.1) is 0 Å². The van der Waals surface area contributed by atoms with Crippen molar-refractivity contribution >= 4 is 0 Å². The lowest BCUT2D eigenvalue weighted by Crippen LogP contribution is -2.43. The summed E-state index contributed by atoms with van der Waals surface area (Å²) >= 11 is 0. The molecule has 1 aromatic rings. The fourth-order valence-corrected chi connectivity index (χ4v) is 3.52. The molecule has 2 unspecified atom stereocenters. The highest BCUT2D eigenvalue weighted by atomic mass is 16.6. The molecule has 1 saturated carbocycles. The molecule has 2 atom stereocenters. The minimum atomic E-state index is -0.496. The first-order valence-corrected chi connectivity index (χ1v) is 7.82. The van der Waals surface area contributed by atoms with Gasteiger partial charge < -0.3 is 14.6 Å². The predicted octanol–water partition coefficient (Wildman–Crippen LogP) is 3.47. The zero-order valence-corrected chi connectivity index (χ0v) is 12.1. The Bertz CT molecular complexity index is 414. The molecule has 3 heteroatoms. The molecule has 2 fully saturated rings. The molecule has 2 aliphatic rings. The van der Waals surface area contributed by atoms with Gasteiger partial charge in [0.25, 0.3) is 0 Å². The highest BCUT2D eigenvalue weighted by Gasteiger charge is 2.37. The summed E-state index contributed by atoms with van der Waals surface area (Å²) in [6.45, 7) is 2.73. The Kier molecular flexibility index (Phi) is 4.27. The number of benzene rings is 1. The minimum Gasteiger partial charge on any atom is -0.494 e. The van der Waals surface area contributed by atoms with E-state index in [1.165, 1.54) is 31.2 Å². The topological polar surface area (TPSA) is 38.7 Å². The van der Waals surface area contributed by atoms with Crippen molar-refractivity contribution in [3.8, 4) is 5.75 Å². The molecule has 1 aliphatic heterocycles. The maximum atomic E-state index is 9.21. The van der Waals surface area contributed by atoms with Crippen LogP contribution in [0.4, 0.5) is 0 Å². The van der Waals surface area contributed by atoms with E-state index in [0.29, 0.717) is 17.9 Å². The van der Waals surface area contributed by atoms with E-state index >= 15 is 0 Å². The van der Waals surface area contributed by atoms with E-state index in [-0.39, 0.29) is 0 Å². The lowest BCUT2D eigenvalue weighted by Gasteiger charge is -2.41. The Balaban J connectivity index is 1.52. The maximum absolute atomic E-state index is 9.21. The number of rotatable bonds is 4.